The van der Waals surface area contributed by atoms with Crippen LogP contribution < -0.4 is 15.8 Å². The second kappa shape index (κ2) is 10.5. The molecule has 0 amide bonds. The van der Waals surface area contributed by atoms with E-state index in [9.17, 15) is 4.79 Å². The summed E-state index contributed by atoms with van der Waals surface area (Å²) in [5.74, 6) is -0.213. The van der Waals surface area contributed by atoms with E-state index in [2.05, 4.69) is 10.3 Å². The van der Waals surface area contributed by atoms with Gasteiger partial charge in [0, 0.05) is 41.4 Å². The summed E-state index contributed by atoms with van der Waals surface area (Å²) in [6.07, 6.45) is 3.24. The average molecular weight is 464 g/mol. The number of furan rings is 1. The van der Waals surface area contributed by atoms with E-state index in [1.165, 1.54) is 7.11 Å². The lowest BCUT2D eigenvalue weighted by Crippen LogP contribution is -2.09. The van der Waals surface area contributed by atoms with Gasteiger partial charge in [-0.2, -0.15) is 0 Å². The van der Waals surface area contributed by atoms with Gasteiger partial charge >= 0.3 is 5.97 Å². The number of ether oxygens (including phenoxy) is 2. The summed E-state index contributed by atoms with van der Waals surface area (Å²) < 4.78 is 31.8. The van der Waals surface area contributed by atoms with Crippen LogP contribution in [0, 0.1) is 5.82 Å². The van der Waals surface area contributed by atoms with Crippen molar-refractivity contribution in [2.24, 2.45) is 5.73 Å². The highest BCUT2D eigenvalue weighted by Crippen LogP contribution is 2.34. The normalized spacial score (nSPS) is 11.1. The molecule has 0 unspecified atom stereocenters. The standard InChI is InChI=1S/C26H26FN3O4/c1-29-14-22-25(27)20(5-7-30-22)21-10-17(9-19-6-8-33-26(19)21)15-34-23-11-16(13-28)3-4-18(23)12-24(31)32-2/h3-11,29H,12-15,28H2,1-2H3. The van der Waals surface area contributed by atoms with Crippen molar-refractivity contribution in [3.05, 3.63) is 83.1 Å². The summed E-state index contributed by atoms with van der Waals surface area (Å²) in [5.41, 5.74) is 10.1. The number of aromatic nitrogens is 1. The summed E-state index contributed by atoms with van der Waals surface area (Å²) in [7, 11) is 3.09. The van der Waals surface area contributed by atoms with Gasteiger partial charge in [-0.1, -0.05) is 12.1 Å². The molecule has 0 spiro atoms. The van der Waals surface area contributed by atoms with Crippen molar-refractivity contribution in [1.29, 1.82) is 0 Å². The fraction of sp³-hybridized carbons (Fsp3) is 0.231. The Morgan fingerprint density at radius 3 is 2.76 bits per heavy atom. The lowest BCUT2D eigenvalue weighted by Gasteiger charge is -2.14. The summed E-state index contributed by atoms with van der Waals surface area (Å²) in [6.45, 7) is 0.854. The van der Waals surface area contributed by atoms with Crippen LogP contribution in [0.15, 0.2) is 59.3 Å². The first-order valence-corrected chi connectivity index (χ1v) is 10.8. The maximum absolute atomic E-state index is 15.2. The summed E-state index contributed by atoms with van der Waals surface area (Å²) in [6, 6.07) is 12.7. The minimum absolute atomic E-state index is 0.0825. The van der Waals surface area contributed by atoms with E-state index in [-0.39, 0.29) is 19.0 Å². The maximum atomic E-state index is 15.2. The number of carbonyl (C=O) groups excluding carboxylic acids is 1. The van der Waals surface area contributed by atoms with Gasteiger partial charge in [0.05, 0.1) is 25.5 Å². The third kappa shape index (κ3) is 4.93. The molecular formula is C26H26FN3O4. The van der Waals surface area contributed by atoms with Crippen LogP contribution in [0.1, 0.15) is 22.4 Å². The molecule has 176 valence electrons. The largest absolute Gasteiger partial charge is 0.489 e. The molecule has 2 aromatic heterocycles. The van der Waals surface area contributed by atoms with E-state index < -0.39 is 5.82 Å². The topological polar surface area (TPSA) is 99.6 Å². The molecule has 2 heterocycles. The van der Waals surface area contributed by atoms with E-state index in [0.717, 1.165) is 16.5 Å². The van der Waals surface area contributed by atoms with Crippen LogP contribution in [-0.4, -0.2) is 25.1 Å². The predicted molar refractivity (Wildman–Crippen MR) is 127 cm³/mol. The Balaban J connectivity index is 1.69. The van der Waals surface area contributed by atoms with Crippen LogP contribution >= 0.6 is 0 Å². The van der Waals surface area contributed by atoms with Crippen molar-refractivity contribution >= 4 is 16.9 Å². The molecule has 0 aliphatic carbocycles. The monoisotopic (exact) mass is 463 g/mol. The zero-order chi connectivity index (χ0) is 24.1. The number of pyridine rings is 1. The number of nitrogens with one attached hydrogen (secondary N) is 1. The Labute approximate surface area is 196 Å². The number of nitrogens with two attached hydrogens (primary N) is 1. The number of esters is 1. The SMILES string of the molecule is CNCc1nccc(-c2cc(COc3cc(CN)ccc3CC(=O)OC)cc3ccoc23)c1F. The first kappa shape index (κ1) is 23.4. The van der Waals surface area contributed by atoms with E-state index in [1.807, 2.05) is 36.4 Å². The van der Waals surface area contributed by atoms with Crippen molar-refractivity contribution in [2.45, 2.75) is 26.1 Å². The van der Waals surface area contributed by atoms with Gasteiger partial charge in [0.25, 0.3) is 0 Å². The van der Waals surface area contributed by atoms with E-state index >= 15 is 4.39 Å². The van der Waals surface area contributed by atoms with Gasteiger partial charge in [-0.15, -0.1) is 0 Å². The van der Waals surface area contributed by atoms with Gasteiger partial charge < -0.3 is 24.9 Å². The van der Waals surface area contributed by atoms with Gasteiger partial charge in [0.1, 0.15) is 17.9 Å². The number of rotatable bonds is 9. The van der Waals surface area contributed by atoms with Crippen molar-refractivity contribution in [2.75, 3.05) is 14.2 Å². The van der Waals surface area contributed by atoms with Crippen LogP contribution in [0.2, 0.25) is 0 Å². The molecule has 0 bridgehead atoms. The first-order chi connectivity index (χ1) is 16.5. The second-order valence-electron chi connectivity index (χ2n) is 7.82. The van der Waals surface area contributed by atoms with E-state index in [0.29, 0.717) is 46.8 Å². The molecule has 2 aromatic carbocycles. The van der Waals surface area contributed by atoms with E-state index in [1.54, 1.807) is 25.6 Å². The van der Waals surface area contributed by atoms with Crippen LogP contribution in [0.3, 0.4) is 0 Å². The van der Waals surface area contributed by atoms with Gasteiger partial charge in [0.2, 0.25) is 0 Å². The molecule has 4 rings (SSSR count). The van der Waals surface area contributed by atoms with Crippen molar-refractivity contribution in [3.8, 4) is 16.9 Å². The van der Waals surface area contributed by atoms with Gasteiger partial charge in [-0.3, -0.25) is 9.78 Å². The van der Waals surface area contributed by atoms with E-state index in [4.69, 9.17) is 19.6 Å². The van der Waals surface area contributed by atoms with Gasteiger partial charge in [-0.25, -0.2) is 4.39 Å². The zero-order valence-corrected chi connectivity index (χ0v) is 19.1. The van der Waals surface area contributed by atoms with Crippen LogP contribution in [0.25, 0.3) is 22.1 Å². The molecule has 0 saturated heterocycles. The van der Waals surface area contributed by atoms with Gasteiger partial charge in [-0.05, 0) is 48.5 Å². The highest BCUT2D eigenvalue weighted by Gasteiger charge is 2.17. The molecule has 0 aliphatic heterocycles. The number of halogens is 1. The number of hydrogen-bond donors (Lipinski definition) is 2. The number of methoxy groups -OCH3 is 1. The molecule has 4 aromatic rings. The molecule has 34 heavy (non-hydrogen) atoms. The number of fused-ring (bicyclic) bond motifs is 1. The minimum atomic E-state index is -0.399. The smallest absolute Gasteiger partial charge is 0.310 e. The number of carbonyl (C=O) groups is 1. The fourth-order valence-corrected chi connectivity index (χ4v) is 3.81. The molecule has 3 N–H and O–H groups in total. The van der Waals surface area contributed by atoms with Crippen LogP contribution in [0.4, 0.5) is 4.39 Å². The Morgan fingerprint density at radius 1 is 1.15 bits per heavy atom. The molecule has 8 heteroatoms. The predicted octanol–water partition coefficient (Wildman–Crippen LogP) is 4.11. The highest BCUT2D eigenvalue weighted by molar-refractivity contribution is 5.93. The van der Waals surface area contributed by atoms with Gasteiger partial charge in [0.15, 0.2) is 5.82 Å². The number of hydrogen-bond acceptors (Lipinski definition) is 7. The quantitative estimate of drug-likeness (QED) is 0.361. The molecular weight excluding hydrogens is 437 g/mol. The Kier molecular flexibility index (Phi) is 7.20. The molecule has 0 radical (unpaired) electrons. The zero-order valence-electron chi connectivity index (χ0n) is 19.1. The maximum Gasteiger partial charge on any atom is 0.310 e. The molecule has 0 atom stereocenters. The molecule has 0 aliphatic rings. The fourth-order valence-electron chi connectivity index (χ4n) is 3.81. The highest BCUT2D eigenvalue weighted by atomic mass is 19.1. The van der Waals surface area contributed by atoms with Crippen molar-refractivity contribution < 1.29 is 23.1 Å². The van der Waals surface area contributed by atoms with Crippen molar-refractivity contribution in [1.82, 2.24) is 10.3 Å². The van der Waals surface area contributed by atoms with Crippen molar-refractivity contribution in [3.63, 3.8) is 0 Å². The summed E-state index contributed by atoms with van der Waals surface area (Å²) in [4.78, 5) is 16.0. The summed E-state index contributed by atoms with van der Waals surface area (Å²) >= 11 is 0. The van der Waals surface area contributed by atoms with Crippen LogP contribution in [-0.2, 0) is 35.6 Å². The third-order valence-corrected chi connectivity index (χ3v) is 5.53. The third-order valence-electron chi connectivity index (χ3n) is 5.53. The number of nitrogens with zero attached hydrogens (tertiary/aromatic N) is 1. The first-order valence-electron chi connectivity index (χ1n) is 10.8. The molecule has 0 fully saturated rings. The lowest BCUT2D eigenvalue weighted by atomic mass is 10.00. The second-order valence-corrected chi connectivity index (χ2v) is 7.82. The number of benzene rings is 2. The summed E-state index contributed by atoms with van der Waals surface area (Å²) in [5, 5.41) is 3.76. The Morgan fingerprint density at radius 2 is 2.00 bits per heavy atom. The molecule has 0 saturated carbocycles. The van der Waals surface area contributed by atoms with Crippen LogP contribution in [0.5, 0.6) is 5.75 Å². The lowest BCUT2D eigenvalue weighted by molar-refractivity contribution is -0.139. The Hall–Kier alpha value is -3.75. The average Bonchev–Trinajstić information content (AvgIpc) is 3.33. The minimum Gasteiger partial charge on any atom is -0.489 e. The molecule has 7 nitrogen and oxygen atoms in total. The Bertz CT molecular complexity index is 1320.